The highest BCUT2D eigenvalue weighted by Gasteiger charge is 2.12. The molecule has 4 nitrogen and oxygen atoms in total. The van der Waals surface area contributed by atoms with Crippen molar-refractivity contribution in [3.63, 3.8) is 0 Å². The zero-order chi connectivity index (χ0) is 12.8. The minimum Gasteiger partial charge on any atom is -0.508 e. The van der Waals surface area contributed by atoms with Crippen LogP contribution in [0.25, 0.3) is 0 Å². The fourth-order valence-electron chi connectivity index (χ4n) is 1.41. The zero-order valence-corrected chi connectivity index (χ0v) is 9.06. The molecule has 2 N–H and O–H groups in total. The van der Waals surface area contributed by atoms with Crippen LogP contribution in [-0.2, 0) is 11.3 Å². The Morgan fingerprint density at radius 2 is 2.24 bits per heavy atom. The lowest BCUT2D eigenvalue weighted by Crippen LogP contribution is -2.29. The van der Waals surface area contributed by atoms with E-state index in [0.717, 1.165) is 12.1 Å². The van der Waals surface area contributed by atoms with Crippen LogP contribution in [0.5, 0.6) is 5.75 Å². The first-order valence-corrected chi connectivity index (χ1v) is 4.88. The normalized spacial score (nSPS) is 10.2. The van der Waals surface area contributed by atoms with Gasteiger partial charge in [0, 0.05) is 12.1 Å². The van der Waals surface area contributed by atoms with Crippen molar-refractivity contribution in [3.05, 3.63) is 29.6 Å². The monoisotopic (exact) mass is 237 g/mol. The number of phenolic OH excluding ortho intramolecular Hbond substituents is 1. The van der Waals surface area contributed by atoms with Gasteiger partial charge in [0.05, 0.1) is 13.1 Å². The molecule has 0 aliphatic rings. The second-order valence-corrected chi connectivity index (χ2v) is 3.52. The van der Waals surface area contributed by atoms with E-state index in [2.05, 4.69) is 5.92 Å². The Balaban J connectivity index is 2.81. The minimum atomic E-state index is -1.03. The number of terminal acetylenes is 1. The van der Waals surface area contributed by atoms with Crippen LogP contribution in [0, 0.1) is 18.2 Å². The molecule has 0 spiro atoms. The van der Waals surface area contributed by atoms with Gasteiger partial charge in [-0.3, -0.25) is 9.69 Å². The molecule has 17 heavy (non-hydrogen) atoms. The number of rotatable bonds is 5. The molecular formula is C12H12FNO3. The number of hydrogen-bond donors (Lipinski definition) is 2. The molecule has 1 aromatic carbocycles. The van der Waals surface area contributed by atoms with E-state index in [1.165, 1.54) is 11.0 Å². The van der Waals surface area contributed by atoms with Crippen molar-refractivity contribution in [1.82, 2.24) is 4.90 Å². The van der Waals surface area contributed by atoms with Crippen molar-refractivity contribution >= 4 is 5.97 Å². The molecule has 0 aromatic heterocycles. The molecule has 0 aliphatic carbocycles. The van der Waals surface area contributed by atoms with Gasteiger partial charge in [0.15, 0.2) is 0 Å². The quantitative estimate of drug-likeness (QED) is 0.751. The van der Waals surface area contributed by atoms with Gasteiger partial charge < -0.3 is 10.2 Å². The average Bonchev–Trinajstić information content (AvgIpc) is 2.23. The van der Waals surface area contributed by atoms with Crippen LogP contribution in [0.1, 0.15) is 5.56 Å². The molecule has 0 atom stereocenters. The van der Waals surface area contributed by atoms with Crippen LogP contribution in [0.2, 0.25) is 0 Å². The zero-order valence-electron chi connectivity index (χ0n) is 9.06. The summed E-state index contributed by atoms with van der Waals surface area (Å²) in [5.41, 5.74) is 0.307. The Morgan fingerprint density at radius 1 is 1.53 bits per heavy atom. The summed E-state index contributed by atoms with van der Waals surface area (Å²) in [4.78, 5) is 12.0. The van der Waals surface area contributed by atoms with Gasteiger partial charge in [-0.2, -0.15) is 0 Å². The Hall–Kier alpha value is -2.06. The fourth-order valence-corrected chi connectivity index (χ4v) is 1.41. The van der Waals surface area contributed by atoms with E-state index < -0.39 is 11.8 Å². The number of carboxylic acid groups (broad SMARTS) is 1. The van der Waals surface area contributed by atoms with E-state index in [0.29, 0.717) is 5.56 Å². The van der Waals surface area contributed by atoms with Gasteiger partial charge in [-0.15, -0.1) is 6.42 Å². The number of hydrogen-bond acceptors (Lipinski definition) is 3. The number of carbonyl (C=O) groups is 1. The van der Waals surface area contributed by atoms with Crippen LogP contribution in [0.15, 0.2) is 18.2 Å². The smallest absolute Gasteiger partial charge is 0.317 e. The van der Waals surface area contributed by atoms with Crippen molar-refractivity contribution in [2.75, 3.05) is 13.1 Å². The molecule has 1 aromatic rings. The van der Waals surface area contributed by atoms with Gasteiger partial charge in [-0.25, -0.2) is 4.39 Å². The van der Waals surface area contributed by atoms with E-state index in [-0.39, 0.29) is 25.4 Å². The lowest BCUT2D eigenvalue weighted by Gasteiger charge is -2.17. The Kier molecular flexibility index (Phi) is 4.49. The van der Waals surface area contributed by atoms with Gasteiger partial charge in [0.2, 0.25) is 0 Å². The molecule has 0 amide bonds. The molecule has 90 valence electrons. The summed E-state index contributed by atoms with van der Waals surface area (Å²) in [5.74, 6) is 0.707. The third kappa shape index (κ3) is 4.13. The van der Waals surface area contributed by atoms with Crippen molar-refractivity contribution < 1.29 is 19.4 Å². The van der Waals surface area contributed by atoms with Crippen LogP contribution in [-0.4, -0.2) is 34.2 Å². The molecule has 5 heteroatoms. The average molecular weight is 237 g/mol. The first kappa shape index (κ1) is 13.0. The second-order valence-electron chi connectivity index (χ2n) is 3.52. The van der Waals surface area contributed by atoms with Crippen molar-refractivity contribution in [2.24, 2.45) is 0 Å². The SMILES string of the molecule is C#CCN(CC(=O)O)Cc1cc(F)ccc1O. The number of carboxylic acids is 1. The van der Waals surface area contributed by atoms with Gasteiger partial charge in [-0.1, -0.05) is 5.92 Å². The van der Waals surface area contributed by atoms with Gasteiger partial charge in [0.25, 0.3) is 0 Å². The third-order valence-electron chi connectivity index (χ3n) is 2.11. The third-order valence-corrected chi connectivity index (χ3v) is 2.11. The van der Waals surface area contributed by atoms with Gasteiger partial charge in [0.1, 0.15) is 11.6 Å². The second kappa shape index (κ2) is 5.87. The summed E-state index contributed by atoms with van der Waals surface area (Å²) in [6.07, 6.45) is 5.11. The molecule has 0 unspecified atom stereocenters. The van der Waals surface area contributed by atoms with Gasteiger partial charge in [-0.05, 0) is 18.2 Å². The molecule has 0 radical (unpaired) electrons. The maximum absolute atomic E-state index is 13.0. The molecular weight excluding hydrogens is 225 g/mol. The largest absolute Gasteiger partial charge is 0.508 e. The molecule has 0 bridgehead atoms. The summed E-state index contributed by atoms with van der Waals surface area (Å²) < 4.78 is 13.0. The molecule has 0 aliphatic heterocycles. The summed E-state index contributed by atoms with van der Waals surface area (Å²) in [6, 6.07) is 3.50. The van der Waals surface area contributed by atoms with Crippen molar-refractivity contribution in [1.29, 1.82) is 0 Å². The van der Waals surface area contributed by atoms with E-state index in [1.807, 2.05) is 0 Å². The molecule has 0 fully saturated rings. The van der Waals surface area contributed by atoms with Crippen LogP contribution in [0.3, 0.4) is 0 Å². The fraction of sp³-hybridized carbons (Fsp3) is 0.250. The maximum atomic E-state index is 13.0. The lowest BCUT2D eigenvalue weighted by atomic mass is 10.2. The summed E-state index contributed by atoms with van der Waals surface area (Å²) >= 11 is 0. The molecule has 0 saturated carbocycles. The highest BCUT2D eigenvalue weighted by atomic mass is 19.1. The highest BCUT2D eigenvalue weighted by Crippen LogP contribution is 2.19. The highest BCUT2D eigenvalue weighted by molar-refractivity contribution is 5.69. The minimum absolute atomic E-state index is 0.0834. The van der Waals surface area contributed by atoms with E-state index >= 15 is 0 Å². The summed E-state index contributed by atoms with van der Waals surface area (Å²) in [6.45, 7) is -0.0670. The van der Waals surface area contributed by atoms with Crippen LogP contribution in [0.4, 0.5) is 4.39 Å². The predicted octanol–water partition coefficient (Wildman–Crippen LogP) is 1.05. The number of aliphatic carboxylic acids is 1. The van der Waals surface area contributed by atoms with Crippen LogP contribution >= 0.6 is 0 Å². The first-order valence-electron chi connectivity index (χ1n) is 4.88. The van der Waals surface area contributed by atoms with E-state index in [4.69, 9.17) is 11.5 Å². The molecule has 0 heterocycles. The van der Waals surface area contributed by atoms with E-state index in [9.17, 15) is 14.3 Å². The van der Waals surface area contributed by atoms with Crippen LogP contribution < -0.4 is 0 Å². The molecule has 0 saturated heterocycles. The van der Waals surface area contributed by atoms with E-state index in [1.54, 1.807) is 0 Å². The maximum Gasteiger partial charge on any atom is 0.317 e. The van der Waals surface area contributed by atoms with Crippen molar-refractivity contribution in [2.45, 2.75) is 6.54 Å². The number of aromatic hydroxyl groups is 1. The number of benzene rings is 1. The first-order chi connectivity index (χ1) is 8.02. The number of nitrogens with zero attached hydrogens (tertiary/aromatic N) is 1. The summed E-state index contributed by atoms with van der Waals surface area (Å²) in [5, 5.41) is 18.2. The van der Waals surface area contributed by atoms with Gasteiger partial charge >= 0.3 is 5.97 Å². The number of halogens is 1. The summed E-state index contributed by atoms with van der Waals surface area (Å²) in [7, 11) is 0. The Labute approximate surface area is 98.3 Å². The Morgan fingerprint density at radius 3 is 2.82 bits per heavy atom. The van der Waals surface area contributed by atoms with Crippen molar-refractivity contribution in [3.8, 4) is 18.1 Å². The topological polar surface area (TPSA) is 60.8 Å². The predicted molar refractivity (Wildman–Crippen MR) is 59.8 cm³/mol. The molecule has 1 rings (SSSR count). The lowest BCUT2D eigenvalue weighted by molar-refractivity contribution is -0.138. The standard InChI is InChI=1S/C12H12FNO3/c1-2-5-14(8-12(16)17)7-9-6-10(13)3-4-11(9)15/h1,3-4,6,15H,5,7-8H2,(H,16,17). The Bertz CT molecular complexity index is 454. The number of phenols is 1.